The highest BCUT2D eigenvalue weighted by Gasteiger charge is 2.27. The summed E-state index contributed by atoms with van der Waals surface area (Å²) in [4.78, 5) is 13.6. The molecule has 1 atom stereocenters. The van der Waals surface area contributed by atoms with Crippen molar-refractivity contribution in [3.8, 4) is 5.75 Å². The van der Waals surface area contributed by atoms with Gasteiger partial charge in [-0.3, -0.25) is 4.79 Å². The minimum Gasteiger partial charge on any atom is -0.497 e. The quantitative estimate of drug-likeness (QED) is 0.762. The maximum atomic E-state index is 11.7. The SMILES string of the molecule is C=CC(=O)N1CCCC1Cc1cccc(OC)c1. The number of hydrogen-bond acceptors (Lipinski definition) is 2. The Hall–Kier alpha value is -1.77. The van der Waals surface area contributed by atoms with Crippen LogP contribution in [-0.2, 0) is 11.2 Å². The number of hydrogen-bond donors (Lipinski definition) is 0. The average molecular weight is 245 g/mol. The Morgan fingerprint density at radius 1 is 1.61 bits per heavy atom. The largest absolute Gasteiger partial charge is 0.497 e. The van der Waals surface area contributed by atoms with E-state index in [1.165, 1.54) is 11.6 Å². The van der Waals surface area contributed by atoms with E-state index in [0.717, 1.165) is 31.6 Å². The predicted octanol–water partition coefficient (Wildman–Crippen LogP) is 2.41. The van der Waals surface area contributed by atoms with E-state index in [9.17, 15) is 4.79 Å². The van der Waals surface area contributed by atoms with Crippen LogP contribution in [0.2, 0.25) is 0 Å². The van der Waals surface area contributed by atoms with Gasteiger partial charge in [0.2, 0.25) is 5.91 Å². The molecule has 96 valence electrons. The van der Waals surface area contributed by atoms with Crippen molar-refractivity contribution in [2.45, 2.75) is 25.3 Å². The average Bonchev–Trinajstić information content (AvgIpc) is 2.86. The number of benzene rings is 1. The fraction of sp³-hybridized carbons (Fsp3) is 0.400. The van der Waals surface area contributed by atoms with Crippen molar-refractivity contribution in [1.82, 2.24) is 4.90 Å². The summed E-state index contributed by atoms with van der Waals surface area (Å²) in [5, 5.41) is 0. The van der Waals surface area contributed by atoms with Crippen LogP contribution >= 0.6 is 0 Å². The predicted molar refractivity (Wildman–Crippen MR) is 71.6 cm³/mol. The van der Waals surface area contributed by atoms with E-state index in [2.05, 4.69) is 12.6 Å². The van der Waals surface area contributed by atoms with Gasteiger partial charge in [-0.25, -0.2) is 0 Å². The van der Waals surface area contributed by atoms with Crippen LogP contribution in [0.5, 0.6) is 5.75 Å². The molecule has 1 amide bonds. The van der Waals surface area contributed by atoms with Crippen LogP contribution in [0.3, 0.4) is 0 Å². The molecule has 3 heteroatoms. The van der Waals surface area contributed by atoms with Crippen LogP contribution in [0, 0.1) is 0 Å². The standard InChI is InChI=1S/C15H19NO2/c1-3-15(17)16-9-5-7-13(16)10-12-6-4-8-14(11-12)18-2/h3-4,6,8,11,13H,1,5,7,9-10H2,2H3. The van der Waals surface area contributed by atoms with Gasteiger partial charge in [0.1, 0.15) is 5.75 Å². The summed E-state index contributed by atoms with van der Waals surface area (Å²) < 4.78 is 5.22. The van der Waals surface area contributed by atoms with Gasteiger partial charge in [-0.05, 0) is 43.0 Å². The first-order valence-electron chi connectivity index (χ1n) is 6.30. The molecule has 1 aliphatic rings. The monoisotopic (exact) mass is 245 g/mol. The van der Waals surface area contributed by atoms with Gasteiger partial charge >= 0.3 is 0 Å². The van der Waals surface area contributed by atoms with Crippen molar-refractivity contribution in [2.75, 3.05) is 13.7 Å². The molecule has 0 radical (unpaired) electrons. The van der Waals surface area contributed by atoms with Crippen LogP contribution < -0.4 is 4.74 Å². The van der Waals surface area contributed by atoms with Gasteiger partial charge < -0.3 is 9.64 Å². The minimum atomic E-state index is 0.0420. The van der Waals surface area contributed by atoms with Crippen LogP contribution in [0.15, 0.2) is 36.9 Å². The molecule has 1 saturated heterocycles. The Morgan fingerprint density at radius 2 is 2.44 bits per heavy atom. The third-order valence-corrected chi connectivity index (χ3v) is 3.44. The van der Waals surface area contributed by atoms with Gasteiger partial charge in [-0.1, -0.05) is 18.7 Å². The summed E-state index contributed by atoms with van der Waals surface area (Å²) in [5.41, 5.74) is 1.21. The summed E-state index contributed by atoms with van der Waals surface area (Å²) >= 11 is 0. The molecule has 0 spiro atoms. The summed E-state index contributed by atoms with van der Waals surface area (Å²) in [6, 6.07) is 8.34. The molecule has 3 nitrogen and oxygen atoms in total. The lowest BCUT2D eigenvalue weighted by Crippen LogP contribution is -2.35. The third kappa shape index (κ3) is 2.73. The lowest BCUT2D eigenvalue weighted by molar-refractivity contribution is -0.126. The molecule has 0 aliphatic carbocycles. The number of amides is 1. The van der Waals surface area contributed by atoms with Crippen molar-refractivity contribution in [1.29, 1.82) is 0 Å². The van der Waals surface area contributed by atoms with E-state index in [-0.39, 0.29) is 5.91 Å². The Labute approximate surface area is 108 Å². The van der Waals surface area contributed by atoms with Crippen LogP contribution in [0.4, 0.5) is 0 Å². The second-order valence-corrected chi connectivity index (χ2v) is 4.59. The molecule has 0 N–H and O–H groups in total. The number of ether oxygens (including phenoxy) is 1. The van der Waals surface area contributed by atoms with Gasteiger partial charge in [0.25, 0.3) is 0 Å². The Balaban J connectivity index is 2.07. The second kappa shape index (κ2) is 5.71. The van der Waals surface area contributed by atoms with E-state index >= 15 is 0 Å². The summed E-state index contributed by atoms with van der Waals surface area (Å²) in [6.07, 6.45) is 4.44. The molecule has 0 bridgehead atoms. The van der Waals surface area contributed by atoms with Crippen LogP contribution in [-0.4, -0.2) is 30.5 Å². The maximum absolute atomic E-state index is 11.7. The minimum absolute atomic E-state index is 0.0420. The second-order valence-electron chi connectivity index (χ2n) is 4.59. The van der Waals surface area contributed by atoms with Crippen molar-refractivity contribution in [3.05, 3.63) is 42.5 Å². The van der Waals surface area contributed by atoms with Gasteiger partial charge in [0.15, 0.2) is 0 Å². The molecule has 1 aliphatic heterocycles. The number of methoxy groups -OCH3 is 1. The Kier molecular flexibility index (Phi) is 4.03. The lowest BCUT2D eigenvalue weighted by Gasteiger charge is -2.23. The van der Waals surface area contributed by atoms with E-state index in [0.29, 0.717) is 6.04 Å². The topological polar surface area (TPSA) is 29.5 Å². The number of rotatable bonds is 4. The maximum Gasteiger partial charge on any atom is 0.246 e. The molecule has 18 heavy (non-hydrogen) atoms. The summed E-state index contributed by atoms with van der Waals surface area (Å²) in [7, 11) is 1.67. The molecule has 0 saturated carbocycles. The van der Waals surface area contributed by atoms with Crippen molar-refractivity contribution < 1.29 is 9.53 Å². The first kappa shape index (κ1) is 12.7. The van der Waals surface area contributed by atoms with Crippen LogP contribution in [0.1, 0.15) is 18.4 Å². The highest BCUT2D eigenvalue weighted by molar-refractivity contribution is 5.87. The lowest BCUT2D eigenvalue weighted by atomic mass is 10.0. The molecular formula is C15H19NO2. The third-order valence-electron chi connectivity index (χ3n) is 3.44. The fourth-order valence-corrected chi connectivity index (χ4v) is 2.53. The van der Waals surface area contributed by atoms with Crippen molar-refractivity contribution in [3.63, 3.8) is 0 Å². The molecule has 1 unspecified atom stereocenters. The number of likely N-dealkylation sites (tertiary alicyclic amines) is 1. The van der Waals surface area contributed by atoms with E-state index in [1.54, 1.807) is 7.11 Å². The molecular weight excluding hydrogens is 226 g/mol. The van der Waals surface area contributed by atoms with E-state index in [4.69, 9.17) is 4.74 Å². The normalized spacial score (nSPS) is 18.7. The van der Waals surface area contributed by atoms with E-state index in [1.807, 2.05) is 23.1 Å². The van der Waals surface area contributed by atoms with Crippen molar-refractivity contribution >= 4 is 5.91 Å². The molecule has 1 aromatic rings. The van der Waals surface area contributed by atoms with Gasteiger partial charge in [-0.15, -0.1) is 0 Å². The summed E-state index contributed by atoms with van der Waals surface area (Å²) in [5.74, 6) is 0.910. The molecule has 2 rings (SSSR count). The zero-order valence-electron chi connectivity index (χ0n) is 10.8. The van der Waals surface area contributed by atoms with E-state index < -0.39 is 0 Å². The fourth-order valence-electron chi connectivity index (χ4n) is 2.53. The van der Waals surface area contributed by atoms with Crippen molar-refractivity contribution in [2.24, 2.45) is 0 Å². The first-order chi connectivity index (χ1) is 8.74. The molecule has 1 aromatic carbocycles. The Morgan fingerprint density at radius 3 is 3.17 bits per heavy atom. The summed E-state index contributed by atoms with van der Waals surface area (Å²) in [6.45, 7) is 4.41. The zero-order valence-corrected chi connectivity index (χ0v) is 10.8. The van der Waals surface area contributed by atoms with Gasteiger partial charge in [0.05, 0.1) is 7.11 Å². The Bertz CT molecular complexity index is 442. The molecule has 1 heterocycles. The highest BCUT2D eigenvalue weighted by Crippen LogP contribution is 2.23. The zero-order chi connectivity index (χ0) is 13.0. The number of nitrogens with zero attached hydrogens (tertiary/aromatic N) is 1. The highest BCUT2D eigenvalue weighted by atomic mass is 16.5. The van der Waals surface area contributed by atoms with Gasteiger partial charge in [-0.2, -0.15) is 0 Å². The molecule has 1 fully saturated rings. The molecule has 0 aromatic heterocycles. The van der Waals surface area contributed by atoms with Gasteiger partial charge in [0, 0.05) is 12.6 Å². The first-order valence-corrected chi connectivity index (χ1v) is 6.30. The number of carbonyl (C=O) groups is 1. The smallest absolute Gasteiger partial charge is 0.246 e. The number of carbonyl (C=O) groups excluding carboxylic acids is 1. The van der Waals surface area contributed by atoms with Crippen LogP contribution in [0.25, 0.3) is 0 Å².